The Bertz CT molecular complexity index is 834. The minimum atomic E-state index is 0.453. The molecule has 2 bridgehead atoms. The van der Waals surface area contributed by atoms with Crippen molar-refractivity contribution in [2.24, 2.45) is 5.41 Å². The van der Waals surface area contributed by atoms with Gasteiger partial charge in [-0.15, -0.1) is 0 Å². The van der Waals surface area contributed by atoms with Crippen molar-refractivity contribution < 1.29 is 4.74 Å². The van der Waals surface area contributed by atoms with Gasteiger partial charge in [-0.3, -0.25) is 0 Å². The number of hydrogen-bond donors (Lipinski definition) is 0. The lowest BCUT2D eigenvalue weighted by Gasteiger charge is -2.54. The molecule has 2 aromatic rings. The smallest absolute Gasteiger partial charge is 0.119 e. The van der Waals surface area contributed by atoms with Crippen molar-refractivity contribution in [3.05, 3.63) is 66.2 Å². The molecular formula is C31H42O. The molecule has 3 aliphatic rings. The molecule has 1 nitrogen and oxygen atoms in total. The Morgan fingerprint density at radius 3 is 1.97 bits per heavy atom. The van der Waals surface area contributed by atoms with Crippen LogP contribution in [0.2, 0.25) is 0 Å². The summed E-state index contributed by atoms with van der Waals surface area (Å²) in [6.07, 6.45) is 20.7. The van der Waals surface area contributed by atoms with E-state index < -0.39 is 0 Å². The van der Waals surface area contributed by atoms with Gasteiger partial charge >= 0.3 is 0 Å². The van der Waals surface area contributed by atoms with E-state index in [-0.39, 0.29) is 0 Å². The number of benzene rings is 2. The van der Waals surface area contributed by atoms with Crippen molar-refractivity contribution in [2.45, 2.75) is 96.3 Å². The molecule has 3 fully saturated rings. The average molecular weight is 431 g/mol. The van der Waals surface area contributed by atoms with Gasteiger partial charge in [0, 0.05) is 0 Å². The van der Waals surface area contributed by atoms with E-state index in [1.165, 1.54) is 75.3 Å². The third kappa shape index (κ3) is 5.30. The lowest BCUT2D eigenvalue weighted by Crippen LogP contribution is -2.44. The quantitative estimate of drug-likeness (QED) is 0.255. The fourth-order valence-electron chi connectivity index (χ4n) is 6.11. The Hall–Kier alpha value is -2.02. The molecule has 0 heterocycles. The molecule has 5 rings (SSSR count). The first-order valence-electron chi connectivity index (χ1n) is 13.2. The van der Waals surface area contributed by atoms with Crippen LogP contribution < -0.4 is 4.74 Å². The molecule has 2 aromatic carbocycles. The highest BCUT2D eigenvalue weighted by Gasteiger charge is 2.48. The number of allylic oxidation sites excluding steroid dienone is 1. The number of hydrogen-bond acceptors (Lipinski definition) is 1. The second-order valence-corrected chi connectivity index (χ2v) is 10.4. The molecule has 172 valence electrons. The van der Waals surface area contributed by atoms with Crippen LogP contribution in [0, 0.1) is 5.41 Å². The van der Waals surface area contributed by atoms with Gasteiger partial charge in [-0.1, -0.05) is 81.7 Å². The molecule has 3 aliphatic carbocycles. The molecule has 0 N–H and O–H groups in total. The Morgan fingerprint density at radius 2 is 1.38 bits per heavy atom. The van der Waals surface area contributed by atoms with Gasteiger partial charge in [0.05, 0.1) is 6.61 Å². The fourth-order valence-corrected chi connectivity index (χ4v) is 6.11. The van der Waals surface area contributed by atoms with Gasteiger partial charge in [0.1, 0.15) is 5.75 Å². The molecule has 0 unspecified atom stereocenters. The van der Waals surface area contributed by atoms with E-state index in [2.05, 4.69) is 74.5 Å². The van der Waals surface area contributed by atoms with E-state index in [4.69, 9.17) is 4.74 Å². The zero-order chi connectivity index (χ0) is 22.3. The molecular weight excluding hydrogens is 388 g/mol. The highest BCUT2D eigenvalue weighted by Crippen LogP contribution is 2.59. The summed E-state index contributed by atoms with van der Waals surface area (Å²) < 4.78 is 5.86. The van der Waals surface area contributed by atoms with Crippen LogP contribution in [0.5, 0.6) is 5.75 Å². The van der Waals surface area contributed by atoms with Gasteiger partial charge < -0.3 is 4.74 Å². The van der Waals surface area contributed by atoms with Crippen molar-refractivity contribution in [1.82, 2.24) is 0 Å². The summed E-state index contributed by atoms with van der Waals surface area (Å²) in [5.41, 5.74) is 5.31. The van der Waals surface area contributed by atoms with E-state index in [1.54, 1.807) is 5.56 Å². The topological polar surface area (TPSA) is 9.23 Å². The summed E-state index contributed by atoms with van der Waals surface area (Å²) in [6, 6.07) is 18.1. The maximum Gasteiger partial charge on any atom is 0.119 e. The molecule has 0 spiro atoms. The molecule has 0 aromatic heterocycles. The van der Waals surface area contributed by atoms with Crippen LogP contribution in [0.4, 0.5) is 0 Å². The molecule has 1 heteroatoms. The minimum absolute atomic E-state index is 0.453. The van der Waals surface area contributed by atoms with Gasteiger partial charge in [0.15, 0.2) is 0 Å². The summed E-state index contributed by atoms with van der Waals surface area (Å²) in [5.74, 6) is 0.959. The number of fused-ring (bicyclic) bond motifs is 3. The van der Waals surface area contributed by atoms with Crippen LogP contribution in [0.3, 0.4) is 0 Å². The van der Waals surface area contributed by atoms with Crippen LogP contribution in [-0.2, 0) is 5.41 Å². The lowest BCUT2D eigenvalue weighted by molar-refractivity contribution is 0.0305. The molecule has 0 amide bonds. The predicted octanol–water partition coefficient (Wildman–Crippen LogP) is 9.26. The summed E-state index contributed by atoms with van der Waals surface area (Å²) >= 11 is 0. The van der Waals surface area contributed by atoms with Crippen molar-refractivity contribution >= 4 is 0 Å². The number of rotatable bonds is 11. The standard InChI is InChI=1S/C31H42O/c1-3-5-7-9-25-32-29-16-12-27(13-17-29)26-10-14-28(15-11-26)31-22-19-30(20-23-31,21-24-31)18-8-6-4-2/h5,7,10-17H,3-4,6,8-9,18-25H2,1-2H3/b7-5-. The van der Waals surface area contributed by atoms with Crippen molar-refractivity contribution in [3.63, 3.8) is 0 Å². The first-order chi connectivity index (χ1) is 15.7. The lowest BCUT2D eigenvalue weighted by atomic mass is 9.51. The van der Waals surface area contributed by atoms with Gasteiger partial charge in [0.2, 0.25) is 0 Å². The maximum atomic E-state index is 5.86. The summed E-state index contributed by atoms with van der Waals surface area (Å²) in [6.45, 7) is 5.22. The van der Waals surface area contributed by atoms with Crippen molar-refractivity contribution in [1.29, 1.82) is 0 Å². The zero-order valence-electron chi connectivity index (χ0n) is 20.4. The monoisotopic (exact) mass is 430 g/mol. The Morgan fingerprint density at radius 1 is 0.750 bits per heavy atom. The fraction of sp³-hybridized carbons (Fsp3) is 0.548. The largest absolute Gasteiger partial charge is 0.493 e. The van der Waals surface area contributed by atoms with Gasteiger partial charge in [0.25, 0.3) is 0 Å². The van der Waals surface area contributed by atoms with Crippen LogP contribution in [0.1, 0.15) is 96.5 Å². The van der Waals surface area contributed by atoms with Gasteiger partial charge in [-0.05, 0) is 97.4 Å². The number of ether oxygens (including phenoxy) is 1. The Labute approximate surface area is 196 Å². The number of unbranched alkanes of at least 4 members (excludes halogenated alkanes) is 2. The Kier molecular flexibility index (Phi) is 7.76. The van der Waals surface area contributed by atoms with Gasteiger partial charge in [-0.25, -0.2) is 0 Å². The van der Waals surface area contributed by atoms with Crippen LogP contribution in [-0.4, -0.2) is 6.61 Å². The SMILES string of the molecule is CC/C=C\CCOc1ccc(-c2ccc(C34CCC(CCCCC)(CC3)CC4)cc2)cc1. The van der Waals surface area contributed by atoms with E-state index in [9.17, 15) is 0 Å². The molecule has 0 saturated heterocycles. The van der Waals surface area contributed by atoms with Gasteiger partial charge in [-0.2, -0.15) is 0 Å². The van der Waals surface area contributed by atoms with Crippen LogP contribution >= 0.6 is 0 Å². The summed E-state index contributed by atoms with van der Waals surface area (Å²) in [4.78, 5) is 0. The molecule has 32 heavy (non-hydrogen) atoms. The molecule has 0 radical (unpaired) electrons. The van der Waals surface area contributed by atoms with Crippen molar-refractivity contribution in [3.8, 4) is 16.9 Å². The van der Waals surface area contributed by atoms with E-state index in [1.807, 2.05) is 0 Å². The average Bonchev–Trinajstić information content (AvgIpc) is 2.86. The first kappa shape index (κ1) is 23.1. The predicted molar refractivity (Wildman–Crippen MR) is 137 cm³/mol. The third-order valence-electron chi connectivity index (χ3n) is 8.35. The van der Waals surface area contributed by atoms with Crippen LogP contribution in [0.15, 0.2) is 60.7 Å². The second-order valence-electron chi connectivity index (χ2n) is 10.4. The highest BCUT2D eigenvalue weighted by molar-refractivity contribution is 5.64. The summed E-state index contributed by atoms with van der Waals surface area (Å²) in [5, 5.41) is 0. The van der Waals surface area contributed by atoms with Crippen LogP contribution in [0.25, 0.3) is 11.1 Å². The molecule has 3 saturated carbocycles. The van der Waals surface area contributed by atoms with E-state index in [0.717, 1.165) is 25.2 Å². The highest BCUT2D eigenvalue weighted by atomic mass is 16.5. The van der Waals surface area contributed by atoms with E-state index in [0.29, 0.717) is 10.8 Å². The Balaban J connectivity index is 1.34. The molecule has 0 atom stereocenters. The normalized spacial score (nSPS) is 24.8. The third-order valence-corrected chi connectivity index (χ3v) is 8.35. The maximum absolute atomic E-state index is 5.86. The minimum Gasteiger partial charge on any atom is -0.493 e. The first-order valence-corrected chi connectivity index (χ1v) is 13.2. The second kappa shape index (κ2) is 10.7. The molecule has 0 aliphatic heterocycles. The summed E-state index contributed by atoms with van der Waals surface area (Å²) in [7, 11) is 0. The van der Waals surface area contributed by atoms with Crippen molar-refractivity contribution in [2.75, 3.05) is 6.61 Å². The zero-order valence-corrected chi connectivity index (χ0v) is 20.4. The van der Waals surface area contributed by atoms with E-state index >= 15 is 0 Å².